The minimum Gasteiger partial charge on any atom is -0.481 e. The summed E-state index contributed by atoms with van der Waals surface area (Å²) in [4.78, 5) is 2.96. The summed E-state index contributed by atoms with van der Waals surface area (Å²) in [6.07, 6.45) is -8.14. The molecule has 0 fully saturated rings. The third kappa shape index (κ3) is 2.54. The van der Waals surface area contributed by atoms with Gasteiger partial charge in [0.15, 0.2) is 5.69 Å². The first kappa shape index (κ1) is 11.7. The Morgan fingerprint density at radius 2 is 1.87 bits per heavy atom. The van der Waals surface area contributed by atoms with Crippen molar-refractivity contribution in [3.8, 4) is 5.88 Å². The van der Waals surface area contributed by atoms with Gasteiger partial charge in [0.25, 0.3) is 6.43 Å². The fraction of sp³-hybridized carbons (Fsp3) is 0.375. The molecule has 0 saturated heterocycles. The molecule has 0 saturated carbocycles. The highest BCUT2D eigenvalue weighted by Gasteiger charge is 2.38. The van der Waals surface area contributed by atoms with Crippen molar-refractivity contribution in [2.45, 2.75) is 12.6 Å². The molecule has 2 nitrogen and oxygen atoms in total. The Morgan fingerprint density at radius 1 is 1.27 bits per heavy atom. The van der Waals surface area contributed by atoms with Gasteiger partial charge in [-0.3, -0.25) is 0 Å². The van der Waals surface area contributed by atoms with E-state index in [1.54, 1.807) is 0 Å². The number of hydrogen-bond acceptors (Lipinski definition) is 2. The van der Waals surface area contributed by atoms with E-state index in [0.717, 1.165) is 13.2 Å². The molecule has 0 N–H and O–H groups in total. The second-order valence-electron chi connectivity index (χ2n) is 2.59. The molecule has 0 radical (unpaired) electrons. The van der Waals surface area contributed by atoms with Crippen molar-refractivity contribution >= 4 is 0 Å². The molecule has 15 heavy (non-hydrogen) atoms. The van der Waals surface area contributed by atoms with Crippen LogP contribution in [0.5, 0.6) is 5.88 Å². The number of pyridine rings is 1. The lowest BCUT2D eigenvalue weighted by Gasteiger charge is -2.11. The summed E-state index contributed by atoms with van der Waals surface area (Å²) in [5.74, 6) is -0.355. The minimum atomic E-state index is -4.92. The molecule has 1 aromatic rings. The Bertz CT molecular complexity index is 349. The van der Waals surface area contributed by atoms with E-state index in [1.165, 1.54) is 0 Å². The number of halogens is 5. The van der Waals surface area contributed by atoms with Crippen molar-refractivity contribution in [3.63, 3.8) is 0 Å². The second-order valence-corrected chi connectivity index (χ2v) is 2.59. The minimum absolute atomic E-state index is 0.355. The Hall–Kier alpha value is -1.40. The molecule has 1 rings (SSSR count). The van der Waals surface area contributed by atoms with Crippen molar-refractivity contribution in [2.24, 2.45) is 0 Å². The predicted molar refractivity (Wildman–Crippen MR) is 40.7 cm³/mol. The van der Waals surface area contributed by atoms with Gasteiger partial charge in [-0.2, -0.15) is 13.2 Å². The molecule has 0 aliphatic carbocycles. The summed E-state index contributed by atoms with van der Waals surface area (Å²) in [5, 5.41) is 0. The number of alkyl halides is 5. The average molecular weight is 227 g/mol. The van der Waals surface area contributed by atoms with Crippen LogP contribution in [-0.2, 0) is 6.18 Å². The second kappa shape index (κ2) is 4.00. The van der Waals surface area contributed by atoms with Gasteiger partial charge in [-0.25, -0.2) is 13.8 Å². The van der Waals surface area contributed by atoms with E-state index >= 15 is 0 Å². The van der Waals surface area contributed by atoms with Crippen LogP contribution in [0.3, 0.4) is 0 Å². The van der Waals surface area contributed by atoms with Gasteiger partial charge in [0.2, 0.25) is 5.88 Å². The first-order valence-corrected chi connectivity index (χ1v) is 3.76. The number of rotatable bonds is 2. The van der Waals surface area contributed by atoms with E-state index in [2.05, 4.69) is 9.72 Å². The van der Waals surface area contributed by atoms with Crippen LogP contribution in [0.4, 0.5) is 22.0 Å². The van der Waals surface area contributed by atoms with Crippen LogP contribution in [0.25, 0.3) is 0 Å². The van der Waals surface area contributed by atoms with Gasteiger partial charge in [-0.1, -0.05) is 0 Å². The number of aromatic nitrogens is 1. The molecule has 7 heteroatoms. The molecule has 0 unspecified atom stereocenters. The van der Waals surface area contributed by atoms with Crippen LogP contribution in [0.2, 0.25) is 0 Å². The lowest BCUT2D eigenvalue weighted by Crippen LogP contribution is -2.12. The molecule has 0 aromatic carbocycles. The number of nitrogens with zero attached hydrogens (tertiary/aromatic N) is 1. The van der Waals surface area contributed by atoms with E-state index < -0.39 is 23.9 Å². The summed E-state index contributed by atoms with van der Waals surface area (Å²) in [6.45, 7) is 0. The quantitative estimate of drug-likeness (QED) is 0.724. The summed E-state index contributed by atoms with van der Waals surface area (Å²) in [6, 6.07) is 1.61. The van der Waals surface area contributed by atoms with Crippen molar-refractivity contribution in [3.05, 3.63) is 23.4 Å². The zero-order chi connectivity index (χ0) is 11.6. The van der Waals surface area contributed by atoms with Crippen LogP contribution >= 0.6 is 0 Å². The molecule has 0 spiro atoms. The normalized spacial score (nSPS) is 11.9. The monoisotopic (exact) mass is 227 g/mol. The Balaban J connectivity index is 3.29. The average Bonchev–Trinajstić information content (AvgIpc) is 2.15. The molecule has 0 aliphatic rings. The van der Waals surface area contributed by atoms with E-state index in [4.69, 9.17) is 0 Å². The first-order chi connectivity index (χ1) is 6.86. The molecule has 1 heterocycles. The fourth-order valence-corrected chi connectivity index (χ4v) is 0.969. The van der Waals surface area contributed by atoms with Gasteiger partial charge in [0.05, 0.1) is 7.11 Å². The van der Waals surface area contributed by atoms with E-state index in [0.29, 0.717) is 6.07 Å². The molecule has 0 amide bonds. The van der Waals surface area contributed by atoms with Crippen molar-refractivity contribution in [1.82, 2.24) is 4.98 Å². The lowest BCUT2D eigenvalue weighted by molar-refractivity contribution is -0.143. The third-order valence-electron chi connectivity index (χ3n) is 1.61. The van der Waals surface area contributed by atoms with Gasteiger partial charge in [0, 0.05) is 11.6 Å². The van der Waals surface area contributed by atoms with Crippen LogP contribution in [0.15, 0.2) is 12.1 Å². The largest absolute Gasteiger partial charge is 0.481 e. The highest BCUT2D eigenvalue weighted by Crippen LogP contribution is 2.35. The maximum absolute atomic E-state index is 12.3. The van der Waals surface area contributed by atoms with Crippen molar-refractivity contribution in [1.29, 1.82) is 0 Å². The first-order valence-electron chi connectivity index (χ1n) is 3.76. The molecule has 0 bridgehead atoms. The van der Waals surface area contributed by atoms with Crippen LogP contribution in [0, 0.1) is 0 Å². The van der Waals surface area contributed by atoms with Gasteiger partial charge in [-0.05, 0) is 6.07 Å². The number of hydrogen-bond donors (Lipinski definition) is 0. The Morgan fingerprint density at radius 3 is 2.27 bits per heavy atom. The third-order valence-corrected chi connectivity index (χ3v) is 1.61. The summed E-state index contributed by atoms with van der Waals surface area (Å²) in [5.41, 5.74) is -2.76. The maximum atomic E-state index is 12.3. The van der Waals surface area contributed by atoms with E-state index in [-0.39, 0.29) is 5.88 Å². The van der Waals surface area contributed by atoms with Crippen LogP contribution in [-0.4, -0.2) is 12.1 Å². The number of methoxy groups -OCH3 is 1. The van der Waals surface area contributed by atoms with Crippen LogP contribution in [0.1, 0.15) is 17.7 Å². The van der Waals surface area contributed by atoms with Gasteiger partial charge < -0.3 is 4.74 Å². The molecular weight excluding hydrogens is 221 g/mol. The topological polar surface area (TPSA) is 22.1 Å². The highest BCUT2D eigenvalue weighted by molar-refractivity contribution is 5.28. The SMILES string of the molecule is COc1ccc(C(F)F)c(C(F)(F)F)n1. The lowest BCUT2D eigenvalue weighted by atomic mass is 10.2. The molecule has 1 aromatic heterocycles. The van der Waals surface area contributed by atoms with Crippen LogP contribution < -0.4 is 4.74 Å². The van der Waals surface area contributed by atoms with E-state index in [1.807, 2.05) is 0 Å². The Kier molecular flexibility index (Phi) is 3.11. The summed E-state index contributed by atoms with van der Waals surface area (Å²) < 4.78 is 65.7. The van der Waals surface area contributed by atoms with E-state index in [9.17, 15) is 22.0 Å². The summed E-state index contributed by atoms with van der Waals surface area (Å²) >= 11 is 0. The smallest absolute Gasteiger partial charge is 0.433 e. The highest BCUT2D eigenvalue weighted by atomic mass is 19.4. The van der Waals surface area contributed by atoms with Gasteiger partial charge in [0.1, 0.15) is 0 Å². The van der Waals surface area contributed by atoms with Crippen molar-refractivity contribution in [2.75, 3.05) is 7.11 Å². The van der Waals surface area contributed by atoms with Crippen molar-refractivity contribution < 1.29 is 26.7 Å². The predicted octanol–water partition coefficient (Wildman–Crippen LogP) is 3.05. The molecule has 84 valence electrons. The summed E-state index contributed by atoms with van der Waals surface area (Å²) in [7, 11) is 1.10. The van der Waals surface area contributed by atoms with Gasteiger partial charge in [-0.15, -0.1) is 0 Å². The molecular formula is C8H6F5NO. The standard InChI is InChI=1S/C8H6F5NO/c1-15-5-3-2-4(7(9)10)6(14-5)8(11,12)13/h2-3,7H,1H3. The Labute approximate surface area is 81.7 Å². The maximum Gasteiger partial charge on any atom is 0.433 e. The molecule has 0 atom stereocenters. The zero-order valence-electron chi connectivity index (χ0n) is 7.48. The van der Waals surface area contributed by atoms with Gasteiger partial charge >= 0.3 is 6.18 Å². The fourth-order valence-electron chi connectivity index (χ4n) is 0.969. The zero-order valence-corrected chi connectivity index (χ0v) is 7.48. The molecule has 0 aliphatic heterocycles. The number of ether oxygens (including phenoxy) is 1.